The highest BCUT2D eigenvalue weighted by Gasteiger charge is 2.05. The Morgan fingerprint density at radius 3 is 2.54 bits per heavy atom. The molecule has 0 spiro atoms. The molecule has 1 amide bonds. The van der Waals surface area contributed by atoms with E-state index in [4.69, 9.17) is 51.2 Å². The summed E-state index contributed by atoms with van der Waals surface area (Å²) >= 11 is 23.5. The van der Waals surface area contributed by atoms with E-state index in [2.05, 4.69) is 10.5 Å². The third-order valence-electron chi connectivity index (χ3n) is 2.85. The molecule has 0 saturated carbocycles. The molecule has 2 rings (SSSR count). The van der Waals surface area contributed by atoms with E-state index in [9.17, 15) is 4.79 Å². The number of halogens is 4. The summed E-state index contributed by atoms with van der Waals surface area (Å²) < 4.78 is 0. The Labute approximate surface area is 159 Å². The molecule has 4 nitrogen and oxygen atoms in total. The highest BCUT2D eigenvalue weighted by Crippen LogP contribution is 2.25. The van der Waals surface area contributed by atoms with Gasteiger partial charge in [-0.1, -0.05) is 57.6 Å². The lowest BCUT2D eigenvalue weighted by atomic mass is 10.2. The van der Waals surface area contributed by atoms with Gasteiger partial charge in [0.2, 0.25) is 5.91 Å². The third-order valence-corrected chi connectivity index (χ3v) is 4.13. The second-order valence-electron chi connectivity index (χ2n) is 4.69. The summed E-state index contributed by atoms with van der Waals surface area (Å²) in [4.78, 5) is 16.9. The summed E-state index contributed by atoms with van der Waals surface area (Å²) in [6, 6.07) is 9.95. The highest BCUT2D eigenvalue weighted by molar-refractivity contribution is 6.42. The van der Waals surface area contributed by atoms with E-state index in [1.807, 2.05) is 0 Å². The fourth-order valence-electron chi connectivity index (χ4n) is 1.71. The molecular formula is C16H12Cl4N2O2. The Bertz CT molecular complexity index is 766. The average molecular weight is 406 g/mol. The largest absolute Gasteiger partial charge is 0.391 e. The minimum absolute atomic E-state index is 0.0420. The molecule has 0 bridgehead atoms. The summed E-state index contributed by atoms with van der Waals surface area (Å²) in [5.41, 5.74) is 1.30. The average Bonchev–Trinajstić information content (AvgIpc) is 2.53. The van der Waals surface area contributed by atoms with Gasteiger partial charge in [-0.3, -0.25) is 4.79 Å². The van der Waals surface area contributed by atoms with Gasteiger partial charge >= 0.3 is 0 Å². The van der Waals surface area contributed by atoms with Gasteiger partial charge in [0, 0.05) is 5.02 Å². The maximum absolute atomic E-state index is 11.8. The van der Waals surface area contributed by atoms with Crippen molar-refractivity contribution in [3.05, 3.63) is 62.1 Å². The van der Waals surface area contributed by atoms with Crippen LogP contribution in [0.15, 0.2) is 41.6 Å². The first-order valence-corrected chi connectivity index (χ1v) is 8.29. The summed E-state index contributed by atoms with van der Waals surface area (Å²) in [5.74, 6) is -0.277. The topological polar surface area (TPSA) is 50.7 Å². The molecule has 0 aliphatic rings. The number of amides is 1. The Hall–Kier alpha value is -1.46. The molecule has 0 aromatic heterocycles. The molecule has 1 N–H and O–H groups in total. The van der Waals surface area contributed by atoms with Crippen molar-refractivity contribution in [1.29, 1.82) is 0 Å². The zero-order chi connectivity index (χ0) is 17.5. The SMILES string of the molecule is O=C(C/C=N\OCc1ccc(Cl)c(Cl)c1)Nc1ccc(Cl)cc1Cl. The van der Waals surface area contributed by atoms with E-state index in [-0.39, 0.29) is 18.9 Å². The standard InChI is InChI=1S/C16H12Cl4N2O2/c17-11-2-4-15(14(20)8-11)22-16(23)5-6-21-24-9-10-1-3-12(18)13(19)7-10/h1-4,6-8H,5,9H2,(H,22,23)/b21-6-. The van der Waals surface area contributed by atoms with Gasteiger partial charge in [0.25, 0.3) is 0 Å². The van der Waals surface area contributed by atoms with Crippen molar-refractivity contribution in [3.63, 3.8) is 0 Å². The van der Waals surface area contributed by atoms with E-state index in [1.165, 1.54) is 6.21 Å². The van der Waals surface area contributed by atoms with E-state index in [1.54, 1.807) is 36.4 Å². The van der Waals surface area contributed by atoms with Crippen LogP contribution in [0, 0.1) is 0 Å². The fourth-order valence-corrected chi connectivity index (χ4v) is 2.48. The minimum Gasteiger partial charge on any atom is -0.391 e. The molecule has 2 aromatic carbocycles. The molecule has 0 unspecified atom stereocenters. The van der Waals surface area contributed by atoms with Crippen LogP contribution in [-0.4, -0.2) is 12.1 Å². The minimum atomic E-state index is -0.277. The molecular weight excluding hydrogens is 394 g/mol. The lowest BCUT2D eigenvalue weighted by molar-refractivity contribution is -0.115. The van der Waals surface area contributed by atoms with Gasteiger partial charge in [-0.05, 0) is 35.9 Å². The Morgan fingerprint density at radius 1 is 1.04 bits per heavy atom. The molecule has 126 valence electrons. The number of nitrogens with one attached hydrogen (secondary N) is 1. The van der Waals surface area contributed by atoms with E-state index >= 15 is 0 Å². The predicted molar refractivity (Wildman–Crippen MR) is 99.5 cm³/mol. The molecule has 0 saturated heterocycles. The van der Waals surface area contributed by atoms with Crippen LogP contribution >= 0.6 is 46.4 Å². The number of carbonyl (C=O) groups excluding carboxylic acids is 1. The highest BCUT2D eigenvalue weighted by atomic mass is 35.5. The first kappa shape index (κ1) is 18.9. The molecule has 0 heterocycles. The van der Waals surface area contributed by atoms with Crippen molar-refractivity contribution in [2.24, 2.45) is 5.16 Å². The van der Waals surface area contributed by atoms with Crippen LogP contribution in [-0.2, 0) is 16.2 Å². The predicted octanol–water partition coefficient (Wildman–Crippen LogP) is 5.83. The molecule has 2 aromatic rings. The molecule has 0 aliphatic heterocycles. The quantitative estimate of drug-likeness (QED) is 0.485. The number of carbonyl (C=O) groups is 1. The van der Waals surface area contributed by atoms with Gasteiger partial charge in [-0.25, -0.2) is 0 Å². The maximum atomic E-state index is 11.8. The van der Waals surface area contributed by atoms with Crippen LogP contribution < -0.4 is 5.32 Å². The third kappa shape index (κ3) is 5.87. The lowest BCUT2D eigenvalue weighted by Gasteiger charge is -2.06. The van der Waals surface area contributed by atoms with Gasteiger partial charge in [0.15, 0.2) is 0 Å². The summed E-state index contributed by atoms with van der Waals surface area (Å²) in [7, 11) is 0. The van der Waals surface area contributed by atoms with Crippen LogP contribution in [0.1, 0.15) is 12.0 Å². The fraction of sp³-hybridized carbons (Fsp3) is 0.125. The second kappa shape index (κ2) is 9.14. The first-order chi connectivity index (χ1) is 11.5. The molecule has 8 heteroatoms. The number of oxime groups is 1. The Balaban J connectivity index is 1.77. The number of benzene rings is 2. The van der Waals surface area contributed by atoms with Crippen molar-refractivity contribution in [2.45, 2.75) is 13.0 Å². The smallest absolute Gasteiger partial charge is 0.229 e. The Kier molecular flexibility index (Phi) is 7.18. The van der Waals surface area contributed by atoms with Crippen molar-refractivity contribution < 1.29 is 9.63 Å². The molecule has 0 atom stereocenters. The number of hydrogen-bond acceptors (Lipinski definition) is 3. The molecule has 0 fully saturated rings. The van der Waals surface area contributed by atoms with Crippen LogP contribution in [0.3, 0.4) is 0 Å². The molecule has 0 aliphatic carbocycles. The Morgan fingerprint density at radius 2 is 1.83 bits per heavy atom. The number of rotatable bonds is 6. The molecule has 24 heavy (non-hydrogen) atoms. The van der Waals surface area contributed by atoms with E-state index < -0.39 is 0 Å². The van der Waals surface area contributed by atoms with Crippen LogP contribution in [0.5, 0.6) is 0 Å². The number of nitrogens with zero attached hydrogens (tertiary/aromatic N) is 1. The van der Waals surface area contributed by atoms with Gasteiger partial charge in [0.05, 0.1) is 33.4 Å². The van der Waals surface area contributed by atoms with Gasteiger partial charge in [-0.2, -0.15) is 0 Å². The maximum Gasteiger partial charge on any atom is 0.229 e. The summed E-state index contributed by atoms with van der Waals surface area (Å²) in [6.45, 7) is 0.220. The van der Waals surface area contributed by atoms with Crippen molar-refractivity contribution >= 4 is 64.2 Å². The van der Waals surface area contributed by atoms with Crippen molar-refractivity contribution in [3.8, 4) is 0 Å². The monoisotopic (exact) mass is 404 g/mol. The molecule has 0 radical (unpaired) electrons. The van der Waals surface area contributed by atoms with Crippen LogP contribution in [0.4, 0.5) is 5.69 Å². The van der Waals surface area contributed by atoms with Crippen molar-refractivity contribution in [2.75, 3.05) is 5.32 Å². The van der Waals surface area contributed by atoms with Crippen LogP contribution in [0.25, 0.3) is 0 Å². The van der Waals surface area contributed by atoms with Gasteiger partial charge in [-0.15, -0.1) is 0 Å². The number of anilines is 1. The van der Waals surface area contributed by atoms with E-state index in [0.717, 1.165) is 5.56 Å². The lowest BCUT2D eigenvalue weighted by Crippen LogP contribution is -2.12. The van der Waals surface area contributed by atoms with Gasteiger partial charge < -0.3 is 10.2 Å². The second-order valence-corrected chi connectivity index (χ2v) is 6.34. The van der Waals surface area contributed by atoms with Crippen molar-refractivity contribution in [1.82, 2.24) is 0 Å². The number of hydrogen-bond donors (Lipinski definition) is 1. The summed E-state index contributed by atoms with van der Waals surface area (Å²) in [5, 5.41) is 8.15. The van der Waals surface area contributed by atoms with E-state index in [0.29, 0.717) is 25.8 Å². The first-order valence-electron chi connectivity index (χ1n) is 6.78. The zero-order valence-electron chi connectivity index (χ0n) is 12.2. The zero-order valence-corrected chi connectivity index (χ0v) is 15.3. The van der Waals surface area contributed by atoms with Gasteiger partial charge in [0.1, 0.15) is 6.61 Å². The summed E-state index contributed by atoms with van der Waals surface area (Å²) in [6.07, 6.45) is 1.40. The normalized spacial score (nSPS) is 10.8. The van der Waals surface area contributed by atoms with Crippen LogP contribution in [0.2, 0.25) is 20.1 Å².